The van der Waals surface area contributed by atoms with Crippen LogP contribution in [0.1, 0.15) is 24.1 Å². The number of benzene rings is 3. The minimum atomic E-state index is -3.57. The van der Waals surface area contributed by atoms with Gasteiger partial charge in [-0.05, 0) is 47.0 Å². The van der Waals surface area contributed by atoms with Gasteiger partial charge in [0.1, 0.15) is 5.82 Å². The molecule has 5 heteroatoms. The third kappa shape index (κ3) is 3.99. The van der Waals surface area contributed by atoms with Crippen LogP contribution in [-0.4, -0.2) is 8.42 Å². The Kier molecular flexibility index (Phi) is 4.64. The molecular weight excluding hydrogens is 325 g/mol. The number of sulfonamides is 1. The molecule has 3 rings (SSSR count). The Morgan fingerprint density at radius 3 is 2.46 bits per heavy atom. The monoisotopic (exact) mass is 343 g/mol. The van der Waals surface area contributed by atoms with Gasteiger partial charge in [0.15, 0.2) is 0 Å². The highest BCUT2D eigenvalue weighted by molar-refractivity contribution is 7.88. The molecule has 0 heterocycles. The predicted octanol–water partition coefficient (Wildman–Crippen LogP) is 4.16. The summed E-state index contributed by atoms with van der Waals surface area (Å²) in [4.78, 5) is 0. The zero-order chi connectivity index (χ0) is 17.2. The smallest absolute Gasteiger partial charge is 0.212 e. The van der Waals surface area contributed by atoms with Crippen molar-refractivity contribution in [1.82, 2.24) is 4.72 Å². The highest BCUT2D eigenvalue weighted by Gasteiger charge is 2.17. The summed E-state index contributed by atoms with van der Waals surface area (Å²) >= 11 is 0. The maximum atomic E-state index is 13.2. The standard InChI is InChI=1S/C19H18FNO2S/c1-14(17-10-9-16-6-2-3-7-18(16)12-17)21-24(22,23)13-15-5-4-8-19(20)11-15/h2-12,14,21H,13H2,1H3. The van der Waals surface area contributed by atoms with E-state index in [0.717, 1.165) is 16.3 Å². The molecule has 1 unspecified atom stereocenters. The average Bonchev–Trinajstić information content (AvgIpc) is 2.53. The van der Waals surface area contributed by atoms with Gasteiger partial charge in [0.05, 0.1) is 5.75 Å². The van der Waals surface area contributed by atoms with E-state index in [4.69, 9.17) is 0 Å². The lowest BCUT2D eigenvalue weighted by Crippen LogP contribution is -2.28. The quantitative estimate of drug-likeness (QED) is 0.756. The molecule has 0 radical (unpaired) electrons. The molecule has 3 nitrogen and oxygen atoms in total. The van der Waals surface area contributed by atoms with Gasteiger partial charge < -0.3 is 0 Å². The second-order valence-corrected chi connectivity index (χ2v) is 7.59. The highest BCUT2D eigenvalue weighted by Crippen LogP contribution is 2.21. The fraction of sp³-hybridized carbons (Fsp3) is 0.158. The van der Waals surface area contributed by atoms with E-state index in [1.807, 2.05) is 42.5 Å². The molecule has 0 amide bonds. The Bertz CT molecular complexity index is 970. The zero-order valence-electron chi connectivity index (χ0n) is 13.2. The lowest BCUT2D eigenvalue weighted by atomic mass is 10.0. The van der Waals surface area contributed by atoms with Crippen LogP contribution in [-0.2, 0) is 15.8 Å². The summed E-state index contributed by atoms with van der Waals surface area (Å²) in [6, 6.07) is 19.1. The van der Waals surface area contributed by atoms with Crippen LogP contribution in [0.4, 0.5) is 4.39 Å². The highest BCUT2D eigenvalue weighted by atomic mass is 32.2. The molecule has 0 saturated carbocycles. The lowest BCUT2D eigenvalue weighted by Gasteiger charge is -2.15. The fourth-order valence-corrected chi connectivity index (χ4v) is 4.08. The van der Waals surface area contributed by atoms with Gasteiger partial charge >= 0.3 is 0 Å². The zero-order valence-corrected chi connectivity index (χ0v) is 14.1. The van der Waals surface area contributed by atoms with E-state index < -0.39 is 15.8 Å². The van der Waals surface area contributed by atoms with Gasteiger partial charge in [0.25, 0.3) is 0 Å². The van der Waals surface area contributed by atoms with E-state index in [-0.39, 0.29) is 11.8 Å². The van der Waals surface area contributed by atoms with E-state index in [9.17, 15) is 12.8 Å². The third-order valence-corrected chi connectivity index (χ3v) is 5.30. The fourth-order valence-electron chi connectivity index (χ4n) is 2.70. The largest absolute Gasteiger partial charge is 0.216 e. The molecule has 0 spiro atoms. The molecule has 1 atom stereocenters. The number of fused-ring (bicyclic) bond motifs is 1. The first-order chi connectivity index (χ1) is 11.4. The van der Waals surface area contributed by atoms with Crippen molar-refractivity contribution in [3.63, 3.8) is 0 Å². The summed E-state index contributed by atoms with van der Waals surface area (Å²) in [6.45, 7) is 1.80. The minimum absolute atomic E-state index is 0.247. The van der Waals surface area contributed by atoms with Crippen molar-refractivity contribution in [2.24, 2.45) is 0 Å². The summed E-state index contributed by atoms with van der Waals surface area (Å²) < 4.78 is 40.5. The van der Waals surface area contributed by atoms with Gasteiger partial charge in [-0.3, -0.25) is 0 Å². The SMILES string of the molecule is CC(NS(=O)(=O)Cc1cccc(F)c1)c1ccc2ccccc2c1. The van der Waals surface area contributed by atoms with E-state index in [0.29, 0.717) is 5.56 Å². The van der Waals surface area contributed by atoms with E-state index >= 15 is 0 Å². The number of rotatable bonds is 5. The van der Waals surface area contributed by atoms with E-state index in [1.54, 1.807) is 13.0 Å². The number of hydrogen-bond donors (Lipinski definition) is 1. The minimum Gasteiger partial charge on any atom is -0.212 e. The summed E-state index contributed by atoms with van der Waals surface area (Å²) in [5.41, 5.74) is 1.31. The van der Waals surface area contributed by atoms with Crippen LogP contribution in [0.3, 0.4) is 0 Å². The van der Waals surface area contributed by atoms with Crippen molar-refractivity contribution in [2.45, 2.75) is 18.7 Å². The molecule has 3 aromatic rings. The topological polar surface area (TPSA) is 46.2 Å². The second-order valence-electron chi connectivity index (χ2n) is 5.84. The van der Waals surface area contributed by atoms with Gasteiger partial charge in [-0.2, -0.15) is 0 Å². The van der Waals surface area contributed by atoms with Crippen molar-refractivity contribution in [3.8, 4) is 0 Å². The molecule has 124 valence electrons. The van der Waals surface area contributed by atoms with Crippen LogP contribution in [0.5, 0.6) is 0 Å². The van der Waals surface area contributed by atoms with Gasteiger partial charge in [-0.15, -0.1) is 0 Å². The van der Waals surface area contributed by atoms with Crippen LogP contribution in [0.2, 0.25) is 0 Å². The summed E-state index contributed by atoms with van der Waals surface area (Å²) in [5.74, 6) is -0.687. The van der Waals surface area contributed by atoms with Crippen molar-refractivity contribution in [2.75, 3.05) is 0 Å². The van der Waals surface area contributed by atoms with Crippen LogP contribution >= 0.6 is 0 Å². The molecule has 1 N–H and O–H groups in total. The van der Waals surface area contributed by atoms with E-state index in [2.05, 4.69) is 4.72 Å². The Labute approximate surface area is 141 Å². The summed E-state index contributed by atoms with van der Waals surface area (Å²) in [7, 11) is -3.57. The Morgan fingerprint density at radius 2 is 1.71 bits per heavy atom. The first-order valence-corrected chi connectivity index (χ1v) is 9.31. The Hall–Kier alpha value is -2.24. The molecule has 0 saturated heterocycles. The molecule has 24 heavy (non-hydrogen) atoms. The molecular formula is C19H18FNO2S. The van der Waals surface area contributed by atoms with Gasteiger partial charge in [-0.25, -0.2) is 17.5 Å². The second kappa shape index (κ2) is 6.71. The van der Waals surface area contributed by atoms with Gasteiger partial charge in [0.2, 0.25) is 10.0 Å². The van der Waals surface area contributed by atoms with E-state index in [1.165, 1.54) is 18.2 Å². The lowest BCUT2D eigenvalue weighted by molar-refractivity contribution is 0.566. The molecule has 0 bridgehead atoms. The Morgan fingerprint density at radius 1 is 0.958 bits per heavy atom. The summed E-state index contributed by atoms with van der Waals surface area (Å²) in [5, 5.41) is 2.17. The number of nitrogens with one attached hydrogen (secondary N) is 1. The van der Waals surface area contributed by atoms with Crippen LogP contribution in [0, 0.1) is 5.82 Å². The first-order valence-electron chi connectivity index (χ1n) is 7.66. The molecule has 0 aliphatic heterocycles. The Balaban J connectivity index is 1.77. The van der Waals surface area contributed by atoms with Crippen LogP contribution in [0.15, 0.2) is 66.7 Å². The maximum absolute atomic E-state index is 13.2. The number of halogens is 1. The third-order valence-electron chi connectivity index (χ3n) is 3.88. The molecule has 0 aromatic heterocycles. The van der Waals surface area contributed by atoms with Crippen molar-refractivity contribution in [1.29, 1.82) is 0 Å². The van der Waals surface area contributed by atoms with Gasteiger partial charge in [-0.1, -0.05) is 48.5 Å². The molecule has 0 aliphatic rings. The van der Waals surface area contributed by atoms with Crippen LogP contribution in [0.25, 0.3) is 10.8 Å². The predicted molar refractivity (Wildman–Crippen MR) is 94.5 cm³/mol. The maximum Gasteiger partial charge on any atom is 0.216 e. The van der Waals surface area contributed by atoms with Crippen molar-refractivity contribution < 1.29 is 12.8 Å². The van der Waals surface area contributed by atoms with Gasteiger partial charge in [0, 0.05) is 6.04 Å². The molecule has 0 fully saturated rings. The average molecular weight is 343 g/mol. The normalized spacial score (nSPS) is 13.1. The molecule has 0 aliphatic carbocycles. The van der Waals surface area contributed by atoms with Crippen LogP contribution < -0.4 is 4.72 Å². The van der Waals surface area contributed by atoms with Crippen molar-refractivity contribution >= 4 is 20.8 Å². The number of hydrogen-bond acceptors (Lipinski definition) is 2. The summed E-state index contributed by atoms with van der Waals surface area (Å²) in [6.07, 6.45) is 0. The first kappa shape index (κ1) is 16.6. The van der Waals surface area contributed by atoms with Crippen molar-refractivity contribution in [3.05, 3.63) is 83.7 Å². The molecule has 3 aromatic carbocycles.